The Balaban J connectivity index is 1.54. The highest BCUT2D eigenvalue weighted by Crippen LogP contribution is 2.30. The van der Waals surface area contributed by atoms with E-state index in [1.165, 1.54) is 11.8 Å². The fourth-order valence-corrected chi connectivity index (χ4v) is 3.87. The van der Waals surface area contributed by atoms with E-state index in [1.54, 1.807) is 0 Å². The van der Waals surface area contributed by atoms with Crippen molar-refractivity contribution in [2.75, 3.05) is 52.6 Å². The number of thioether (sulfide) groups is 1. The zero-order valence-electron chi connectivity index (χ0n) is 11.9. The van der Waals surface area contributed by atoms with Crippen LogP contribution in [0.25, 0.3) is 0 Å². The van der Waals surface area contributed by atoms with Crippen molar-refractivity contribution in [3.63, 3.8) is 0 Å². The summed E-state index contributed by atoms with van der Waals surface area (Å²) in [5.41, 5.74) is 0. The molecule has 0 radical (unpaired) electrons. The zero-order valence-corrected chi connectivity index (χ0v) is 12.7. The molecule has 0 spiro atoms. The molecule has 3 aliphatic heterocycles. The Kier molecular flexibility index (Phi) is 4.82. The predicted molar refractivity (Wildman–Crippen MR) is 79.1 cm³/mol. The molecule has 21 heavy (non-hydrogen) atoms. The van der Waals surface area contributed by atoms with Crippen LogP contribution in [-0.4, -0.2) is 84.7 Å². The number of amides is 2. The molecule has 0 aliphatic carbocycles. The van der Waals surface area contributed by atoms with Gasteiger partial charge in [0, 0.05) is 26.2 Å². The molecule has 3 aliphatic rings. The third kappa shape index (κ3) is 3.41. The quantitative estimate of drug-likeness (QED) is 0.658. The van der Waals surface area contributed by atoms with Crippen molar-refractivity contribution in [2.45, 2.75) is 10.5 Å². The lowest BCUT2D eigenvalue weighted by molar-refractivity contribution is -0.134. The third-order valence-electron chi connectivity index (χ3n) is 3.89. The summed E-state index contributed by atoms with van der Waals surface area (Å²) in [6.07, 6.45) is 3.73. The smallest absolute Gasteiger partial charge is 0.239 e. The number of morpholine rings is 2. The molecule has 0 aromatic rings. The van der Waals surface area contributed by atoms with E-state index in [0.717, 1.165) is 0 Å². The molecule has 0 N–H and O–H groups in total. The van der Waals surface area contributed by atoms with Crippen molar-refractivity contribution in [2.24, 2.45) is 0 Å². The number of nitrogens with zero attached hydrogens (tertiary/aromatic N) is 2. The Morgan fingerprint density at radius 3 is 1.57 bits per heavy atom. The molecule has 0 aromatic carbocycles. The van der Waals surface area contributed by atoms with E-state index >= 15 is 0 Å². The predicted octanol–water partition coefficient (Wildman–Crippen LogP) is -0.256. The normalized spacial score (nSPS) is 29.7. The van der Waals surface area contributed by atoms with Gasteiger partial charge in [-0.05, 0) is 0 Å². The van der Waals surface area contributed by atoms with Gasteiger partial charge in [-0.25, -0.2) is 0 Å². The highest BCUT2D eigenvalue weighted by Gasteiger charge is 2.35. The van der Waals surface area contributed by atoms with Gasteiger partial charge in [-0.3, -0.25) is 9.59 Å². The molecule has 116 valence electrons. The number of hydrogen-bond acceptors (Lipinski definition) is 5. The molecular weight excluding hydrogens is 292 g/mol. The lowest BCUT2D eigenvalue weighted by Gasteiger charge is -2.30. The summed E-state index contributed by atoms with van der Waals surface area (Å²) in [4.78, 5) is 28.4. The van der Waals surface area contributed by atoms with Gasteiger partial charge in [0.1, 0.15) is 10.5 Å². The first-order valence-corrected chi connectivity index (χ1v) is 8.27. The van der Waals surface area contributed by atoms with Gasteiger partial charge in [-0.2, -0.15) is 0 Å². The van der Waals surface area contributed by atoms with E-state index in [4.69, 9.17) is 9.47 Å². The second-order valence-corrected chi connectivity index (χ2v) is 6.53. The Hall–Kier alpha value is -1.05. The van der Waals surface area contributed by atoms with Crippen molar-refractivity contribution in [1.82, 2.24) is 9.80 Å². The van der Waals surface area contributed by atoms with Crippen LogP contribution in [0.3, 0.4) is 0 Å². The molecule has 6 nitrogen and oxygen atoms in total. The molecule has 7 heteroatoms. The molecule has 0 bridgehead atoms. The van der Waals surface area contributed by atoms with Crippen LogP contribution in [0, 0.1) is 0 Å². The van der Waals surface area contributed by atoms with Gasteiger partial charge in [0.15, 0.2) is 0 Å². The number of carbonyl (C=O) groups excluding carboxylic acids is 2. The van der Waals surface area contributed by atoms with E-state index in [1.807, 2.05) is 22.0 Å². The second-order valence-electron chi connectivity index (χ2n) is 5.24. The fraction of sp³-hybridized carbons (Fsp3) is 0.714. The average molecular weight is 312 g/mol. The number of hydrogen-bond donors (Lipinski definition) is 0. The SMILES string of the molecule is O=C(C1C=CC(C(=O)N2CCOCC2)S1)N1CCOCC1. The maximum absolute atomic E-state index is 12.4. The maximum Gasteiger partial charge on any atom is 0.239 e. The van der Waals surface area contributed by atoms with Gasteiger partial charge in [-0.1, -0.05) is 12.2 Å². The molecule has 3 heterocycles. The lowest BCUT2D eigenvalue weighted by Crippen LogP contribution is -2.45. The summed E-state index contributed by atoms with van der Waals surface area (Å²) < 4.78 is 10.5. The Labute approximate surface area is 128 Å². The van der Waals surface area contributed by atoms with E-state index in [0.29, 0.717) is 52.6 Å². The summed E-state index contributed by atoms with van der Waals surface area (Å²) in [7, 11) is 0. The Bertz CT molecular complexity index is 393. The van der Waals surface area contributed by atoms with E-state index < -0.39 is 0 Å². The maximum atomic E-state index is 12.4. The van der Waals surface area contributed by atoms with E-state index in [-0.39, 0.29) is 22.3 Å². The molecule has 2 fully saturated rings. The van der Waals surface area contributed by atoms with Crippen LogP contribution in [0.5, 0.6) is 0 Å². The van der Waals surface area contributed by atoms with Crippen molar-refractivity contribution in [3.8, 4) is 0 Å². The van der Waals surface area contributed by atoms with Gasteiger partial charge in [-0.15, -0.1) is 11.8 Å². The molecule has 2 unspecified atom stereocenters. The van der Waals surface area contributed by atoms with Gasteiger partial charge < -0.3 is 19.3 Å². The van der Waals surface area contributed by atoms with Crippen LogP contribution in [-0.2, 0) is 19.1 Å². The first kappa shape index (κ1) is 14.9. The van der Waals surface area contributed by atoms with Crippen LogP contribution in [0.1, 0.15) is 0 Å². The Morgan fingerprint density at radius 1 is 0.810 bits per heavy atom. The number of ether oxygens (including phenoxy) is 2. The second kappa shape index (κ2) is 6.81. The van der Waals surface area contributed by atoms with Crippen LogP contribution in [0.15, 0.2) is 12.2 Å². The number of rotatable bonds is 2. The van der Waals surface area contributed by atoms with Crippen LogP contribution in [0.4, 0.5) is 0 Å². The van der Waals surface area contributed by atoms with Gasteiger partial charge >= 0.3 is 0 Å². The summed E-state index contributed by atoms with van der Waals surface area (Å²) >= 11 is 1.44. The summed E-state index contributed by atoms with van der Waals surface area (Å²) in [5.74, 6) is 0.189. The third-order valence-corrected chi connectivity index (χ3v) is 5.19. The van der Waals surface area contributed by atoms with Gasteiger partial charge in [0.05, 0.1) is 26.4 Å². The molecule has 2 amide bonds. The highest BCUT2D eigenvalue weighted by atomic mass is 32.2. The van der Waals surface area contributed by atoms with Crippen molar-refractivity contribution < 1.29 is 19.1 Å². The molecule has 2 saturated heterocycles. The highest BCUT2D eigenvalue weighted by molar-refractivity contribution is 8.02. The summed E-state index contributed by atoms with van der Waals surface area (Å²) in [6, 6.07) is 0. The Morgan fingerprint density at radius 2 is 1.19 bits per heavy atom. The van der Waals surface area contributed by atoms with Crippen LogP contribution >= 0.6 is 11.8 Å². The van der Waals surface area contributed by atoms with Crippen molar-refractivity contribution in [3.05, 3.63) is 12.2 Å². The molecule has 0 aromatic heterocycles. The minimum absolute atomic E-state index is 0.0943. The standard InChI is InChI=1S/C14H20N2O4S/c17-13(15-3-7-19-8-4-15)11-1-2-12(21-11)14(18)16-5-9-20-10-6-16/h1-2,11-12H,3-10H2. The number of carbonyl (C=O) groups is 2. The first-order chi connectivity index (χ1) is 10.3. The van der Waals surface area contributed by atoms with Gasteiger partial charge in [0.2, 0.25) is 11.8 Å². The summed E-state index contributed by atoms with van der Waals surface area (Å²) in [6.45, 7) is 4.98. The largest absolute Gasteiger partial charge is 0.378 e. The average Bonchev–Trinajstić information content (AvgIpc) is 3.05. The van der Waals surface area contributed by atoms with Crippen molar-refractivity contribution in [1.29, 1.82) is 0 Å². The topological polar surface area (TPSA) is 59.1 Å². The zero-order chi connectivity index (χ0) is 14.7. The minimum atomic E-state index is -0.238. The summed E-state index contributed by atoms with van der Waals surface area (Å²) in [5, 5.41) is -0.476. The molecule has 2 atom stereocenters. The van der Waals surface area contributed by atoms with E-state index in [9.17, 15) is 9.59 Å². The fourth-order valence-electron chi connectivity index (χ4n) is 2.66. The van der Waals surface area contributed by atoms with Gasteiger partial charge in [0.25, 0.3) is 0 Å². The van der Waals surface area contributed by atoms with Crippen LogP contribution in [0.2, 0.25) is 0 Å². The minimum Gasteiger partial charge on any atom is -0.378 e. The first-order valence-electron chi connectivity index (χ1n) is 7.32. The molecule has 0 saturated carbocycles. The monoisotopic (exact) mass is 312 g/mol. The lowest BCUT2D eigenvalue weighted by atomic mass is 10.2. The van der Waals surface area contributed by atoms with Crippen LogP contribution < -0.4 is 0 Å². The van der Waals surface area contributed by atoms with E-state index in [2.05, 4.69) is 0 Å². The molecular formula is C14H20N2O4S. The van der Waals surface area contributed by atoms with Crippen molar-refractivity contribution >= 4 is 23.6 Å². The molecule has 3 rings (SSSR count).